The molecule has 0 aliphatic heterocycles. The van der Waals surface area contributed by atoms with Crippen molar-refractivity contribution in [1.29, 1.82) is 0 Å². The van der Waals surface area contributed by atoms with Crippen molar-refractivity contribution in [3.63, 3.8) is 0 Å². The molecular weight excluding hydrogens is 310 g/mol. The molecule has 1 amide bonds. The Morgan fingerprint density at radius 1 is 1.13 bits per heavy atom. The molecule has 0 saturated heterocycles. The second-order valence-corrected chi connectivity index (χ2v) is 6.12. The van der Waals surface area contributed by atoms with Crippen LogP contribution in [0.4, 0.5) is 0 Å². The molecule has 122 valence electrons. The van der Waals surface area contributed by atoms with Crippen LogP contribution >= 0.6 is 11.6 Å². The summed E-state index contributed by atoms with van der Waals surface area (Å²) < 4.78 is 0. The van der Waals surface area contributed by atoms with E-state index in [1.807, 2.05) is 55.5 Å². The summed E-state index contributed by atoms with van der Waals surface area (Å²) in [7, 11) is 0. The normalized spacial score (nSPS) is 12.0. The average molecular weight is 332 g/mol. The monoisotopic (exact) mass is 331 g/mol. The number of aliphatic hydroxyl groups is 1. The topological polar surface area (TPSA) is 49.3 Å². The minimum absolute atomic E-state index is 0.0388. The van der Waals surface area contributed by atoms with Gasteiger partial charge in [0, 0.05) is 17.5 Å². The van der Waals surface area contributed by atoms with E-state index in [4.69, 9.17) is 16.7 Å². The molecule has 1 atom stereocenters. The molecule has 1 unspecified atom stereocenters. The molecule has 2 aromatic carbocycles. The van der Waals surface area contributed by atoms with Gasteiger partial charge in [-0.1, -0.05) is 61.0 Å². The molecule has 0 aliphatic rings. The maximum absolute atomic E-state index is 12.2. The zero-order valence-electron chi connectivity index (χ0n) is 13.3. The van der Waals surface area contributed by atoms with Gasteiger partial charge in [-0.3, -0.25) is 4.79 Å². The fourth-order valence-corrected chi connectivity index (χ4v) is 2.61. The number of hydrogen-bond acceptors (Lipinski definition) is 2. The van der Waals surface area contributed by atoms with Gasteiger partial charge in [-0.25, -0.2) is 0 Å². The largest absolute Gasteiger partial charge is 0.392 e. The average Bonchev–Trinajstić information content (AvgIpc) is 2.57. The molecular formula is C19H22ClNO2. The predicted octanol–water partition coefficient (Wildman–Crippen LogP) is 3.37. The van der Waals surface area contributed by atoms with Crippen LogP contribution in [0.15, 0.2) is 48.5 Å². The Hall–Kier alpha value is -1.84. The molecule has 0 fully saturated rings. The highest BCUT2D eigenvalue weighted by Crippen LogP contribution is 2.18. The van der Waals surface area contributed by atoms with Crippen LogP contribution in [0.3, 0.4) is 0 Å². The van der Waals surface area contributed by atoms with Crippen LogP contribution in [0.2, 0.25) is 5.02 Å². The summed E-state index contributed by atoms with van der Waals surface area (Å²) in [5.74, 6) is -0.0800. The minimum Gasteiger partial charge on any atom is -0.392 e. The first-order chi connectivity index (χ1) is 11.1. The van der Waals surface area contributed by atoms with E-state index in [0.717, 1.165) is 23.1 Å². The molecule has 0 radical (unpaired) electrons. The number of benzene rings is 2. The second-order valence-electron chi connectivity index (χ2n) is 5.71. The van der Waals surface area contributed by atoms with E-state index in [2.05, 4.69) is 5.32 Å². The summed E-state index contributed by atoms with van der Waals surface area (Å²) in [5, 5.41) is 12.7. The van der Waals surface area contributed by atoms with Gasteiger partial charge < -0.3 is 10.4 Å². The van der Waals surface area contributed by atoms with Crippen LogP contribution in [0.1, 0.15) is 23.6 Å². The maximum atomic E-state index is 12.2. The van der Waals surface area contributed by atoms with E-state index in [1.165, 1.54) is 0 Å². The van der Waals surface area contributed by atoms with Crippen molar-refractivity contribution in [2.45, 2.75) is 26.4 Å². The van der Waals surface area contributed by atoms with Crippen LogP contribution < -0.4 is 5.32 Å². The Morgan fingerprint density at radius 2 is 1.78 bits per heavy atom. The molecule has 2 rings (SSSR count). The van der Waals surface area contributed by atoms with Gasteiger partial charge in [0.2, 0.25) is 5.91 Å². The Balaban J connectivity index is 1.78. The van der Waals surface area contributed by atoms with Crippen molar-refractivity contribution in [2.24, 2.45) is 5.92 Å². The summed E-state index contributed by atoms with van der Waals surface area (Å²) in [6, 6.07) is 15.4. The Kier molecular flexibility index (Phi) is 6.63. The fourth-order valence-electron chi connectivity index (χ4n) is 2.40. The third-order valence-electron chi connectivity index (χ3n) is 3.85. The van der Waals surface area contributed by atoms with E-state index in [1.54, 1.807) is 0 Å². The number of aliphatic hydroxyl groups excluding tert-OH is 1. The number of amides is 1. The Labute approximate surface area is 142 Å². The molecule has 0 aliphatic carbocycles. The van der Waals surface area contributed by atoms with E-state index in [-0.39, 0.29) is 18.4 Å². The second kappa shape index (κ2) is 8.70. The number of nitrogens with one attached hydrogen (secondary N) is 1. The zero-order chi connectivity index (χ0) is 16.7. The van der Waals surface area contributed by atoms with E-state index in [0.29, 0.717) is 18.0 Å². The van der Waals surface area contributed by atoms with Crippen LogP contribution in [0.25, 0.3) is 0 Å². The molecule has 23 heavy (non-hydrogen) atoms. The number of halogens is 1. The molecule has 0 heterocycles. The molecule has 2 aromatic rings. The van der Waals surface area contributed by atoms with Gasteiger partial charge in [-0.15, -0.1) is 0 Å². The number of carbonyl (C=O) groups excluding carboxylic acids is 1. The van der Waals surface area contributed by atoms with E-state index in [9.17, 15) is 4.79 Å². The van der Waals surface area contributed by atoms with E-state index < -0.39 is 0 Å². The molecule has 2 N–H and O–H groups in total. The lowest BCUT2D eigenvalue weighted by Gasteiger charge is -2.13. The van der Waals surface area contributed by atoms with Gasteiger partial charge in [-0.05, 0) is 35.6 Å². The lowest BCUT2D eigenvalue weighted by atomic mass is 10.0. The van der Waals surface area contributed by atoms with Gasteiger partial charge in [0.15, 0.2) is 0 Å². The maximum Gasteiger partial charge on any atom is 0.223 e. The lowest BCUT2D eigenvalue weighted by Crippen LogP contribution is -2.31. The number of rotatable bonds is 7. The van der Waals surface area contributed by atoms with Gasteiger partial charge in [0.25, 0.3) is 0 Å². The third kappa shape index (κ3) is 5.38. The minimum atomic E-state index is -0.119. The summed E-state index contributed by atoms with van der Waals surface area (Å²) in [4.78, 5) is 12.2. The molecule has 0 bridgehead atoms. The van der Waals surface area contributed by atoms with Crippen LogP contribution in [-0.4, -0.2) is 17.6 Å². The molecule has 3 nitrogen and oxygen atoms in total. The van der Waals surface area contributed by atoms with Gasteiger partial charge in [-0.2, -0.15) is 0 Å². The quantitative estimate of drug-likeness (QED) is 0.817. The highest BCUT2D eigenvalue weighted by atomic mass is 35.5. The molecule has 0 saturated carbocycles. The first-order valence-electron chi connectivity index (χ1n) is 7.80. The summed E-state index contributed by atoms with van der Waals surface area (Å²) >= 11 is 6.13. The first-order valence-corrected chi connectivity index (χ1v) is 8.17. The standard InChI is InChI=1S/C19H22ClNO2/c1-14(12-17-4-2-3-5-18(17)20)19(23)21-11-10-15-6-8-16(13-22)9-7-15/h2-9,14,22H,10-13H2,1H3,(H,21,23). The highest BCUT2D eigenvalue weighted by Gasteiger charge is 2.14. The lowest BCUT2D eigenvalue weighted by molar-refractivity contribution is -0.124. The third-order valence-corrected chi connectivity index (χ3v) is 4.22. The Morgan fingerprint density at radius 3 is 2.43 bits per heavy atom. The summed E-state index contributed by atoms with van der Waals surface area (Å²) in [5.41, 5.74) is 3.03. The van der Waals surface area contributed by atoms with Crippen LogP contribution in [0, 0.1) is 5.92 Å². The number of carbonyl (C=O) groups is 1. The molecule has 0 aromatic heterocycles. The smallest absolute Gasteiger partial charge is 0.223 e. The van der Waals surface area contributed by atoms with Crippen molar-refractivity contribution in [2.75, 3.05) is 6.54 Å². The van der Waals surface area contributed by atoms with Gasteiger partial charge in [0.05, 0.1) is 6.61 Å². The van der Waals surface area contributed by atoms with Crippen LogP contribution in [0.5, 0.6) is 0 Å². The number of hydrogen-bond donors (Lipinski definition) is 2. The van der Waals surface area contributed by atoms with Crippen molar-refractivity contribution < 1.29 is 9.90 Å². The van der Waals surface area contributed by atoms with Crippen molar-refractivity contribution >= 4 is 17.5 Å². The van der Waals surface area contributed by atoms with Crippen molar-refractivity contribution in [3.8, 4) is 0 Å². The summed E-state index contributed by atoms with van der Waals surface area (Å²) in [6.45, 7) is 2.56. The zero-order valence-corrected chi connectivity index (χ0v) is 14.0. The van der Waals surface area contributed by atoms with Crippen LogP contribution in [-0.2, 0) is 24.2 Å². The SMILES string of the molecule is CC(Cc1ccccc1Cl)C(=O)NCCc1ccc(CO)cc1. The predicted molar refractivity (Wildman–Crippen MR) is 93.4 cm³/mol. The highest BCUT2D eigenvalue weighted by molar-refractivity contribution is 6.31. The van der Waals surface area contributed by atoms with Crippen molar-refractivity contribution in [3.05, 3.63) is 70.2 Å². The first kappa shape index (κ1) is 17.5. The fraction of sp³-hybridized carbons (Fsp3) is 0.316. The Bertz CT molecular complexity index is 640. The van der Waals surface area contributed by atoms with E-state index >= 15 is 0 Å². The molecule has 0 spiro atoms. The van der Waals surface area contributed by atoms with Gasteiger partial charge >= 0.3 is 0 Å². The van der Waals surface area contributed by atoms with Crippen molar-refractivity contribution in [1.82, 2.24) is 5.32 Å². The summed E-state index contributed by atoms with van der Waals surface area (Å²) in [6.07, 6.45) is 1.41. The molecule has 4 heteroatoms. The van der Waals surface area contributed by atoms with Gasteiger partial charge in [0.1, 0.15) is 0 Å².